The van der Waals surface area contributed by atoms with E-state index < -0.39 is 0 Å². The molecule has 4 heteroatoms. The van der Waals surface area contributed by atoms with Crippen LogP contribution in [0.5, 0.6) is 0 Å². The van der Waals surface area contributed by atoms with Gasteiger partial charge in [0.25, 0.3) is 6.71 Å². The van der Waals surface area contributed by atoms with Gasteiger partial charge in [0.05, 0.1) is 11.2 Å². The molecule has 2 unspecified atom stereocenters. The van der Waals surface area contributed by atoms with Gasteiger partial charge in [0.1, 0.15) is 0 Å². The van der Waals surface area contributed by atoms with E-state index in [1.807, 2.05) is 0 Å². The van der Waals surface area contributed by atoms with Crippen LogP contribution in [-0.4, -0.2) is 12.3 Å². The van der Waals surface area contributed by atoms with Crippen LogP contribution in [0.2, 0.25) is 0 Å². The number of anilines is 8. The number of rotatable bonds is 4. The molecule has 79 heavy (non-hydrogen) atoms. The fourth-order valence-corrected chi connectivity index (χ4v) is 15.1. The van der Waals surface area contributed by atoms with Crippen molar-refractivity contribution in [3.8, 4) is 11.1 Å². The highest BCUT2D eigenvalue weighted by molar-refractivity contribution is 7.00. The lowest BCUT2D eigenvalue weighted by Crippen LogP contribution is -2.62. The van der Waals surface area contributed by atoms with Crippen LogP contribution in [0, 0.1) is 0 Å². The monoisotopic (exact) mass is 1040 g/mol. The zero-order chi connectivity index (χ0) is 56.4. The minimum absolute atomic E-state index is 0.00184. The molecule has 408 valence electrons. The van der Waals surface area contributed by atoms with Gasteiger partial charge in [-0.15, -0.1) is 0 Å². The third kappa shape index (κ3) is 8.40. The van der Waals surface area contributed by atoms with Crippen LogP contribution in [0.4, 0.5) is 45.5 Å². The maximum atomic E-state index is 2.88. The number of hydrogen-bond donors (Lipinski definition) is 0. The van der Waals surface area contributed by atoms with Gasteiger partial charge in [-0.25, -0.2) is 0 Å². The summed E-state index contributed by atoms with van der Waals surface area (Å²) in [6, 6.07) is 54.2. The molecule has 1 saturated carbocycles. The van der Waals surface area contributed by atoms with Crippen LogP contribution < -0.4 is 31.1 Å². The molecule has 3 aliphatic heterocycles. The Labute approximate surface area is 477 Å². The van der Waals surface area contributed by atoms with Crippen molar-refractivity contribution in [1.82, 2.24) is 0 Å². The van der Waals surface area contributed by atoms with Crippen molar-refractivity contribution in [1.29, 1.82) is 0 Å². The molecule has 0 spiro atoms. The minimum Gasteiger partial charge on any atom is -0.334 e. The molecule has 3 nitrogen and oxygen atoms in total. The molecule has 0 amide bonds. The Bertz CT molecular complexity index is 3590. The second kappa shape index (κ2) is 17.8. The van der Waals surface area contributed by atoms with E-state index in [0.717, 1.165) is 19.3 Å². The fourth-order valence-electron chi connectivity index (χ4n) is 15.1. The molecule has 7 aromatic carbocycles. The first-order valence-electron chi connectivity index (χ1n) is 30.3. The average molecular weight is 1040 g/mol. The Balaban J connectivity index is 1.27. The van der Waals surface area contributed by atoms with Crippen LogP contribution in [0.1, 0.15) is 209 Å². The van der Waals surface area contributed by atoms with Gasteiger partial charge >= 0.3 is 0 Å². The number of hydrogen-bond acceptors (Lipinski definition) is 3. The topological polar surface area (TPSA) is 9.72 Å². The number of benzene rings is 7. The molecule has 0 bridgehead atoms. The van der Waals surface area contributed by atoms with E-state index in [2.05, 4.69) is 273 Å². The minimum atomic E-state index is -0.179. The van der Waals surface area contributed by atoms with Gasteiger partial charge in [0.2, 0.25) is 0 Å². The summed E-state index contributed by atoms with van der Waals surface area (Å²) in [5.41, 5.74) is 26.5. The second-order valence-electron chi connectivity index (χ2n) is 30.9. The lowest BCUT2D eigenvalue weighted by molar-refractivity contribution is 0.261. The van der Waals surface area contributed by atoms with Gasteiger partial charge in [-0.3, -0.25) is 0 Å². The summed E-state index contributed by atoms with van der Waals surface area (Å²) in [4.78, 5) is 8.36. The van der Waals surface area contributed by atoms with Gasteiger partial charge < -0.3 is 14.7 Å². The fraction of sp³-hybridized carbons (Fsp3) is 0.440. The van der Waals surface area contributed by atoms with E-state index in [0.29, 0.717) is 0 Å². The van der Waals surface area contributed by atoms with Gasteiger partial charge in [-0.2, -0.15) is 0 Å². The Morgan fingerprint density at radius 1 is 0.380 bits per heavy atom. The summed E-state index contributed by atoms with van der Waals surface area (Å²) >= 11 is 0. The van der Waals surface area contributed by atoms with Crippen molar-refractivity contribution in [3.05, 3.63) is 172 Å². The zero-order valence-corrected chi connectivity index (χ0v) is 51.6. The third-order valence-corrected chi connectivity index (χ3v) is 20.5. The normalized spacial score (nSPS) is 21.1. The van der Waals surface area contributed by atoms with Gasteiger partial charge in [0.15, 0.2) is 0 Å². The predicted molar refractivity (Wildman–Crippen MR) is 343 cm³/mol. The average Bonchev–Trinajstić information content (AvgIpc) is 3.75. The molecular weight excluding hydrogens is 954 g/mol. The molecule has 0 radical (unpaired) electrons. The van der Waals surface area contributed by atoms with E-state index in [4.69, 9.17) is 0 Å². The molecule has 12 rings (SSSR count). The standard InChI is InChI=1S/C75H90BN3/c1-68(2,3)49-28-25-29-53(40-49)77-63-43-52(71(10,11)12)30-33-59(63)76-60-46-56-57(73(15,16)39-38-72(56,13)14)47-64(60)78(61-34-31-50(69(4,5)6)41-55(61)48-26-21-19-22-27-48)66-45-54(44-65(77)67(66)76)79-62-35-32-51(70(7,8)9)42-58(62)74(17)36-23-20-24-37-75(74,79)18/h19,21-22,25-35,40-47H,20,23-24,36-39H2,1-18H3. The summed E-state index contributed by atoms with van der Waals surface area (Å²) in [6.45, 7) is 43.7. The predicted octanol–water partition coefficient (Wildman–Crippen LogP) is 19.1. The van der Waals surface area contributed by atoms with Crippen molar-refractivity contribution in [2.45, 2.75) is 213 Å². The first-order chi connectivity index (χ1) is 36.9. The molecule has 3 heterocycles. The highest BCUT2D eigenvalue weighted by Crippen LogP contribution is 2.62. The molecule has 0 N–H and O–H groups in total. The van der Waals surface area contributed by atoms with Gasteiger partial charge in [-0.05, 0) is 181 Å². The van der Waals surface area contributed by atoms with E-state index in [1.54, 1.807) is 0 Å². The lowest BCUT2D eigenvalue weighted by atomic mass is 9.33. The van der Waals surface area contributed by atoms with Crippen LogP contribution in [0.25, 0.3) is 11.1 Å². The summed E-state index contributed by atoms with van der Waals surface area (Å²) in [5.74, 6) is 0. The van der Waals surface area contributed by atoms with E-state index >= 15 is 0 Å². The largest absolute Gasteiger partial charge is 0.334 e. The maximum absolute atomic E-state index is 2.88. The van der Waals surface area contributed by atoms with Crippen molar-refractivity contribution >= 4 is 68.6 Å². The second-order valence-corrected chi connectivity index (χ2v) is 30.9. The highest BCUT2D eigenvalue weighted by Gasteiger charge is 2.58. The van der Waals surface area contributed by atoms with Crippen molar-refractivity contribution in [3.63, 3.8) is 0 Å². The number of nitrogens with zero attached hydrogens (tertiary/aromatic N) is 3. The Kier molecular flexibility index (Phi) is 12.1. The molecular formula is C75H90BN3. The maximum Gasteiger partial charge on any atom is 0.252 e. The van der Waals surface area contributed by atoms with Crippen molar-refractivity contribution < 1.29 is 0 Å². The Morgan fingerprint density at radius 2 is 0.924 bits per heavy atom. The van der Waals surface area contributed by atoms with E-state index in [1.165, 1.54) is 138 Å². The molecule has 2 aliphatic carbocycles. The highest BCUT2D eigenvalue weighted by atomic mass is 15.3. The first kappa shape index (κ1) is 53.6. The summed E-state index contributed by atoms with van der Waals surface area (Å²) < 4.78 is 0. The van der Waals surface area contributed by atoms with E-state index in [9.17, 15) is 0 Å². The smallest absolute Gasteiger partial charge is 0.252 e. The van der Waals surface area contributed by atoms with Crippen LogP contribution in [-0.2, 0) is 37.9 Å². The van der Waals surface area contributed by atoms with Crippen LogP contribution >= 0.6 is 0 Å². The Hall–Kier alpha value is -6.00. The quantitative estimate of drug-likeness (QED) is 0.163. The molecule has 2 atom stereocenters. The van der Waals surface area contributed by atoms with Crippen LogP contribution in [0.15, 0.2) is 133 Å². The van der Waals surface area contributed by atoms with E-state index in [-0.39, 0.29) is 50.2 Å². The molecule has 0 aromatic heterocycles. The summed E-state index contributed by atoms with van der Waals surface area (Å²) in [5, 5.41) is 0. The first-order valence-corrected chi connectivity index (χ1v) is 30.3. The Morgan fingerprint density at radius 3 is 1.57 bits per heavy atom. The summed E-state index contributed by atoms with van der Waals surface area (Å²) in [7, 11) is 0. The third-order valence-electron chi connectivity index (χ3n) is 20.5. The molecule has 0 saturated heterocycles. The van der Waals surface area contributed by atoms with Crippen molar-refractivity contribution in [2.75, 3.05) is 14.7 Å². The van der Waals surface area contributed by atoms with Crippen molar-refractivity contribution in [2.24, 2.45) is 0 Å². The lowest BCUT2D eigenvalue weighted by Gasteiger charge is -2.49. The zero-order valence-electron chi connectivity index (χ0n) is 51.6. The SMILES string of the molecule is CC(C)(C)c1cccc(N2c3cc(C(C)(C)C)ccc3B3c4cc5c(cc4N(c4ccc(C(C)(C)C)cc4-c4ccccc4)c4cc(N6c7ccc(C(C)(C)C)cc7C7(C)CCCCCC67C)cc2c43)C(C)(C)CCC5(C)C)c1. The summed E-state index contributed by atoms with van der Waals surface area (Å²) in [6.07, 6.45) is 8.34. The number of fused-ring (bicyclic) bond motifs is 8. The van der Waals surface area contributed by atoms with Gasteiger partial charge in [-0.1, -0.05) is 216 Å². The molecule has 7 aromatic rings. The molecule has 1 fully saturated rings. The molecule has 5 aliphatic rings. The van der Waals surface area contributed by atoms with Crippen LogP contribution in [0.3, 0.4) is 0 Å². The van der Waals surface area contributed by atoms with Gasteiger partial charge in [0, 0.05) is 50.8 Å².